The maximum Gasteiger partial charge on any atom is 0.262 e. The van der Waals surface area contributed by atoms with Crippen LogP contribution in [0.5, 0.6) is 5.75 Å². The topological polar surface area (TPSA) is 67.0 Å². The second kappa shape index (κ2) is 7.19. The van der Waals surface area contributed by atoms with Gasteiger partial charge in [0.2, 0.25) is 0 Å². The number of H-pyrrole nitrogens is 1. The summed E-state index contributed by atoms with van der Waals surface area (Å²) in [6, 6.07) is 16.5. The molecule has 3 rings (SSSR count). The number of carbonyl (C=O) groups excluding carboxylic acids is 1. The average Bonchev–Trinajstić information content (AvgIpc) is 2.95. The van der Waals surface area contributed by atoms with Crippen LogP contribution in [0.1, 0.15) is 5.69 Å². The molecule has 1 amide bonds. The lowest BCUT2D eigenvalue weighted by Crippen LogP contribution is -2.20. The van der Waals surface area contributed by atoms with Gasteiger partial charge in [-0.05, 0) is 25.1 Å². The highest BCUT2D eigenvalue weighted by Gasteiger charge is 2.17. The van der Waals surface area contributed by atoms with E-state index in [1.54, 1.807) is 18.2 Å². The molecule has 0 aliphatic rings. The van der Waals surface area contributed by atoms with Crippen molar-refractivity contribution in [2.24, 2.45) is 0 Å². The van der Waals surface area contributed by atoms with E-state index in [0.717, 1.165) is 11.3 Å². The van der Waals surface area contributed by atoms with Gasteiger partial charge in [0.15, 0.2) is 6.61 Å². The van der Waals surface area contributed by atoms with Crippen molar-refractivity contribution in [1.29, 1.82) is 0 Å². The first kappa shape index (κ1) is 16.1. The van der Waals surface area contributed by atoms with Gasteiger partial charge < -0.3 is 10.1 Å². The second-order valence-corrected chi connectivity index (χ2v) is 5.61. The lowest BCUT2D eigenvalue weighted by molar-refractivity contribution is -0.118. The number of ether oxygens (including phenoxy) is 1. The zero-order valence-corrected chi connectivity index (χ0v) is 13.8. The van der Waals surface area contributed by atoms with E-state index in [2.05, 4.69) is 15.5 Å². The Labute approximate surface area is 144 Å². The first-order valence-corrected chi connectivity index (χ1v) is 7.80. The van der Waals surface area contributed by atoms with Crippen LogP contribution < -0.4 is 10.1 Å². The van der Waals surface area contributed by atoms with E-state index in [4.69, 9.17) is 16.3 Å². The van der Waals surface area contributed by atoms with Crippen LogP contribution in [0.2, 0.25) is 5.02 Å². The number of hydrogen-bond acceptors (Lipinski definition) is 3. The van der Waals surface area contributed by atoms with E-state index in [1.807, 2.05) is 43.3 Å². The van der Waals surface area contributed by atoms with E-state index < -0.39 is 0 Å². The molecule has 3 aromatic rings. The third-order valence-corrected chi connectivity index (χ3v) is 3.78. The highest BCUT2D eigenvalue weighted by atomic mass is 35.5. The van der Waals surface area contributed by atoms with Crippen molar-refractivity contribution in [3.8, 4) is 17.0 Å². The van der Waals surface area contributed by atoms with Gasteiger partial charge in [0.05, 0.1) is 16.4 Å². The molecule has 0 saturated carbocycles. The standard InChI is InChI=1S/C18H16ClN3O2/c1-12-17(18(22-21-12)14-9-5-6-10-15(14)19)20-16(23)11-24-13-7-3-2-4-8-13/h2-10H,11H2,1H3,(H,20,23)(H,21,22). The number of anilines is 1. The number of amides is 1. The molecule has 1 aromatic heterocycles. The molecule has 1 heterocycles. The van der Waals surface area contributed by atoms with Crippen molar-refractivity contribution in [2.75, 3.05) is 11.9 Å². The lowest BCUT2D eigenvalue weighted by Gasteiger charge is -2.09. The minimum absolute atomic E-state index is 0.0867. The summed E-state index contributed by atoms with van der Waals surface area (Å²) in [7, 11) is 0. The SMILES string of the molecule is Cc1[nH]nc(-c2ccccc2Cl)c1NC(=O)COc1ccccc1. The summed E-state index contributed by atoms with van der Waals surface area (Å²) in [5, 5.41) is 10.5. The monoisotopic (exact) mass is 341 g/mol. The fourth-order valence-corrected chi connectivity index (χ4v) is 2.50. The Kier molecular flexibility index (Phi) is 4.82. The van der Waals surface area contributed by atoms with Crippen molar-refractivity contribution in [1.82, 2.24) is 10.2 Å². The minimum atomic E-state index is -0.267. The van der Waals surface area contributed by atoms with Crippen LogP contribution in [-0.4, -0.2) is 22.7 Å². The Balaban J connectivity index is 1.75. The molecular formula is C18H16ClN3O2. The first-order chi connectivity index (χ1) is 11.6. The minimum Gasteiger partial charge on any atom is -0.484 e. The molecule has 0 aliphatic carbocycles. The molecule has 5 nitrogen and oxygen atoms in total. The molecule has 0 bridgehead atoms. The van der Waals surface area contributed by atoms with Crippen LogP contribution >= 0.6 is 11.6 Å². The summed E-state index contributed by atoms with van der Waals surface area (Å²) in [6.07, 6.45) is 0. The Morgan fingerprint density at radius 3 is 2.62 bits per heavy atom. The van der Waals surface area contributed by atoms with Gasteiger partial charge >= 0.3 is 0 Å². The normalized spacial score (nSPS) is 10.4. The first-order valence-electron chi connectivity index (χ1n) is 7.42. The molecule has 122 valence electrons. The van der Waals surface area contributed by atoms with Crippen LogP contribution in [0.25, 0.3) is 11.3 Å². The maximum atomic E-state index is 12.2. The molecule has 0 fully saturated rings. The van der Waals surface area contributed by atoms with Gasteiger partial charge in [-0.15, -0.1) is 0 Å². The highest BCUT2D eigenvalue weighted by molar-refractivity contribution is 6.33. The summed E-state index contributed by atoms with van der Waals surface area (Å²) in [6.45, 7) is 1.75. The predicted molar refractivity (Wildman–Crippen MR) is 94.3 cm³/mol. The van der Waals surface area contributed by atoms with E-state index in [1.165, 1.54) is 0 Å². The molecule has 24 heavy (non-hydrogen) atoms. The molecule has 2 N–H and O–H groups in total. The van der Waals surface area contributed by atoms with Crippen LogP contribution in [0.4, 0.5) is 5.69 Å². The molecule has 0 unspecified atom stereocenters. The Morgan fingerprint density at radius 2 is 1.88 bits per heavy atom. The summed E-state index contributed by atoms with van der Waals surface area (Å²) in [4.78, 5) is 12.2. The van der Waals surface area contributed by atoms with E-state index in [0.29, 0.717) is 22.2 Å². The third-order valence-electron chi connectivity index (χ3n) is 3.45. The van der Waals surface area contributed by atoms with Gasteiger partial charge in [-0.1, -0.05) is 48.0 Å². The fourth-order valence-electron chi connectivity index (χ4n) is 2.27. The van der Waals surface area contributed by atoms with Gasteiger partial charge in [0.1, 0.15) is 11.4 Å². The van der Waals surface area contributed by atoms with E-state index >= 15 is 0 Å². The number of nitrogens with one attached hydrogen (secondary N) is 2. The summed E-state index contributed by atoms with van der Waals surface area (Å²) < 4.78 is 5.46. The Bertz CT molecular complexity index is 846. The summed E-state index contributed by atoms with van der Waals surface area (Å²) >= 11 is 6.23. The maximum absolute atomic E-state index is 12.2. The molecule has 6 heteroatoms. The molecule has 0 atom stereocenters. The predicted octanol–water partition coefficient (Wildman–Crippen LogP) is 4.06. The van der Waals surface area contributed by atoms with Gasteiger partial charge in [-0.25, -0.2) is 0 Å². The zero-order valence-electron chi connectivity index (χ0n) is 13.0. The van der Waals surface area contributed by atoms with Crippen molar-refractivity contribution in [3.05, 3.63) is 65.3 Å². The molecule has 0 aliphatic heterocycles. The quantitative estimate of drug-likeness (QED) is 0.735. The number of aryl methyl sites for hydroxylation is 1. The number of rotatable bonds is 5. The fraction of sp³-hybridized carbons (Fsp3) is 0.111. The number of carbonyl (C=O) groups is 1. The lowest BCUT2D eigenvalue weighted by atomic mass is 10.1. The van der Waals surface area contributed by atoms with E-state index in [9.17, 15) is 4.79 Å². The number of halogens is 1. The molecule has 0 saturated heterocycles. The van der Waals surface area contributed by atoms with Crippen molar-refractivity contribution in [3.63, 3.8) is 0 Å². The van der Waals surface area contributed by atoms with Gasteiger partial charge in [-0.3, -0.25) is 9.89 Å². The molecule has 2 aromatic carbocycles. The second-order valence-electron chi connectivity index (χ2n) is 5.20. The number of para-hydroxylation sites is 1. The van der Waals surface area contributed by atoms with Crippen molar-refractivity contribution < 1.29 is 9.53 Å². The number of aromatic nitrogens is 2. The zero-order chi connectivity index (χ0) is 16.9. The Hall–Kier alpha value is -2.79. The van der Waals surface area contributed by atoms with Crippen molar-refractivity contribution >= 4 is 23.2 Å². The number of hydrogen-bond donors (Lipinski definition) is 2. The van der Waals surface area contributed by atoms with E-state index in [-0.39, 0.29) is 12.5 Å². The third kappa shape index (κ3) is 3.58. The van der Waals surface area contributed by atoms with Crippen LogP contribution in [-0.2, 0) is 4.79 Å². The van der Waals surface area contributed by atoms with Crippen LogP contribution in [0.15, 0.2) is 54.6 Å². The smallest absolute Gasteiger partial charge is 0.262 e. The number of nitrogens with zero attached hydrogens (tertiary/aromatic N) is 1. The van der Waals surface area contributed by atoms with Crippen LogP contribution in [0.3, 0.4) is 0 Å². The molecule has 0 radical (unpaired) electrons. The highest BCUT2D eigenvalue weighted by Crippen LogP contribution is 2.33. The van der Waals surface area contributed by atoms with Gasteiger partial charge in [-0.2, -0.15) is 5.10 Å². The Morgan fingerprint density at radius 1 is 1.17 bits per heavy atom. The number of benzene rings is 2. The largest absolute Gasteiger partial charge is 0.484 e. The summed E-state index contributed by atoms with van der Waals surface area (Å²) in [5.74, 6) is 0.375. The van der Waals surface area contributed by atoms with Crippen molar-refractivity contribution in [2.45, 2.75) is 6.92 Å². The number of aromatic amines is 1. The van der Waals surface area contributed by atoms with Crippen LogP contribution in [0, 0.1) is 6.92 Å². The van der Waals surface area contributed by atoms with Gasteiger partial charge in [0.25, 0.3) is 5.91 Å². The molecular weight excluding hydrogens is 326 g/mol. The average molecular weight is 342 g/mol. The van der Waals surface area contributed by atoms with Gasteiger partial charge in [0, 0.05) is 5.56 Å². The summed E-state index contributed by atoms with van der Waals surface area (Å²) in [5.41, 5.74) is 2.71. The molecule has 0 spiro atoms.